The summed E-state index contributed by atoms with van der Waals surface area (Å²) in [6.07, 6.45) is 0. The Morgan fingerprint density at radius 3 is 2.59 bits per heavy atom. The third-order valence-corrected chi connectivity index (χ3v) is 6.60. The average molecular weight is 505 g/mol. The predicted molar refractivity (Wildman–Crippen MR) is 133 cm³/mol. The summed E-state index contributed by atoms with van der Waals surface area (Å²) in [5.41, 5.74) is 2.19. The smallest absolute Gasteiger partial charge is 0.266 e. The van der Waals surface area contributed by atoms with Crippen LogP contribution in [0.3, 0.4) is 0 Å². The Balaban J connectivity index is 1.69. The van der Waals surface area contributed by atoms with Crippen molar-refractivity contribution in [2.75, 3.05) is 11.1 Å². The number of fused-ring (bicyclic) bond motifs is 1. The van der Waals surface area contributed by atoms with Gasteiger partial charge in [0.1, 0.15) is 0 Å². The van der Waals surface area contributed by atoms with Crippen LogP contribution in [0, 0.1) is 6.92 Å². The molecule has 162 valence electrons. The van der Waals surface area contributed by atoms with Crippen molar-refractivity contribution in [2.45, 2.75) is 12.1 Å². The van der Waals surface area contributed by atoms with Gasteiger partial charge in [-0.25, -0.2) is 4.98 Å². The Kier molecular flexibility index (Phi) is 6.76. The van der Waals surface area contributed by atoms with E-state index in [2.05, 4.69) is 10.3 Å². The highest BCUT2D eigenvalue weighted by atomic mass is 35.5. The van der Waals surface area contributed by atoms with Gasteiger partial charge in [-0.2, -0.15) is 0 Å². The number of anilines is 1. The van der Waals surface area contributed by atoms with Gasteiger partial charge in [0, 0.05) is 10.0 Å². The summed E-state index contributed by atoms with van der Waals surface area (Å²) in [6, 6.07) is 17.2. The molecule has 0 aliphatic carbocycles. The molecule has 0 saturated heterocycles. The summed E-state index contributed by atoms with van der Waals surface area (Å²) in [5.74, 6) is -0.303. The van der Waals surface area contributed by atoms with Gasteiger partial charge in [0.15, 0.2) is 5.16 Å². The summed E-state index contributed by atoms with van der Waals surface area (Å²) in [7, 11) is 0. The number of hydrogen-bond acceptors (Lipinski definition) is 4. The molecular weight excluding hydrogens is 489 g/mol. The molecule has 1 N–H and O–H groups in total. The van der Waals surface area contributed by atoms with Crippen LogP contribution in [0.4, 0.5) is 5.69 Å². The first kappa shape index (κ1) is 22.7. The molecule has 32 heavy (non-hydrogen) atoms. The maximum absolute atomic E-state index is 13.3. The molecule has 0 fully saturated rings. The largest absolute Gasteiger partial charge is 0.324 e. The fourth-order valence-corrected chi connectivity index (χ4v) is 4.39. The number of nitrogens with zero attached hydrogens (tertiary/aromatic N) is 2. The van der Waals surface area contributed by atoms with Crippen molar-refractivity contribution in [1.29, 1.82) is 0 Å². The minimum atomic E-state index is -0.310. The van der Waals surface area contributed by atoms with Gasteiger partial charge in [-0.1, -0.05) is 64.8 Å². The number of hydrogen-bond donors (Lipinski definition) is 1. The number of nitrogens with one attached hydrogen (secondary N) is 1. The van der Waals surface area contributed by atoms with Crippen LogP contribution in [0.2, 0.25) is 15.1 Å². The first-order chi connectivity index (χ1) is 15.3. The molecule has 0 aliphatic heterocycles. The maximum atomic E-state index is 13.3. The van der Waals surface area contributed by atoms with Crippen LogP contribution in [0.5, 0.6) is 0 Å². The van der Waals surface area contributed by atoms with Crippen molar-refractivity contribution in [3.63, 3.8) is 0 Å². The summed E-state index contributed by atoms with van der Waals surface area (Å²) >= 11 is 19.6. The topological polar surface area (TPSA) is 64.0 Å². The van der Waals surface area contributed by atoms with Crippen molar-refractivity contribution in [2.24, 2.45) is 0 Å². The van der Waals surface area contributed by atoms with Crippen molar-refractivity contribution < 1.29 is 4.79 Å². The quantitative estimate of drug-likeness (QED) is 0.253. The maximum Gasteiger partial charge on any atom is 0.266 e. The standard InChI is InChI=1S/C23H16Cl3N3O2S/c1-13-6-8-15(11-18(13)26)29-22(31)16-4-2-3-5-19(16)28-23(29)32-12-21(30)27-20-10-14(24)7-9-17(20)25/h2-11H,12H2,1H3,(H,27,30). The van der Waals surface area contributed by atoms with Gasteiger partial charge in [0.2, 0.25) is 5.91 Å². The molecule has 5 nitrogen and oxygen atoms in total. The van der Waals surface area contributed by atoms with E-state index < -0.39 is 0 Å². The molecular formula is C23H16Cl3N3O2S. The van der Waals surface area contributed by atoms with Crippen LogP contribution in [0.25, 0.3) is 16.6 Å². The number of aromatic nitrogens is 2. The number of carbonyl (C=O) groups excluding carboxylic acids is 1. The number of benzene rings is 3. The number of aryl methyl sites for hydroxylation is 1. The highest BCUT2D eigenvalue weighted by Gasteiger charge is 2.16. The fourth-order valence-electron chi connectivity index (χ4n) is 3.07. The van der Waals surface area contributed by atoms with Crippen LogP contribution in [-0.2, 0) is 4.79 Å². The minimum absolute atomic E-state index is 0.00716. The highest BCUT2D eigenvalue weighted by molar-refractivity contribution is 7.99. The van der Waals surface area contributed by atoms with E-state index in [0.29, 0.717) is 42.5 Å². The monoisotopic (exact) mass is 503 g/mol. The second-order valence-corrected chi connectivity index (χ2v) is 9.14. The van der Waals surface area contributed by atoms with Crippen LogP contribution in [-0.4, -0.2) is 21.2 Å². The number of amides is 1. The lowest BCUT2D eigenvalue weighted by molar-refractivity contribution is -0.113. The summed E-state index contributed by atoms with van der Waals surface area (Å²) in [4.78, 5) is 30.5. The van der Waals surface area contributed by atoms with Crippen molar-refractivity contribution in [1.82, 2.24) is 9.55 Å². The van der Waals surface area contributed by atoms with E-state index >= 15 is 0 Å². The van der Waals surface area contributed by atoms with Gasteiger partial charge in [0.25, 0.3) is 5.56 Å². The zero-order valence-electron chi connectivity index (χ0n) is 16.7. The van der Waals surface area contributed by atoms with Gasteiger partial charge in [-0.05, 0) is 55.0 Å². The Labute approximate surface area is 203 Å². The Hall–Kier alpha value is -2.51. The van der Waals surface area contributed by atoms with Crippen LogP contribution in [0.1, 0.15) is 5.56 Å². The van der Waals surface area contributed by atoms with Crippen LogP contribution >= 0.6 is 46.6 Å². The average Bonchev–Trinajstić information content (AvgIpc) is 2.77. The summed E-state index contributed by atoms with van der Waals surface area (Å²) < 4.78 is 1.47. The Morgan fingerprint density at radius 2 is 1.81 bits per heavy atom. The first-order valence-electron chi connectivity index (χ1n) is 9.49. The van der Waals surface area contributed by atoms with E-state index in [0.717, 1.165) is 17.3 Å². The second-order valence-electron chi connectivity index (χ2n) is 6.95. The van der Waals surface area contributed by atoms with Gasteiger partial charge < -0.3 is 5.32 Å². The molecule has 9 heteroatoms. The van der Waals surface area contributed by atoms with Gasteiger partial charge in [-0.3, -0.25) is 14.2 Å². The van der Waals surface area contributed by atoms with Crippen LogP contribution < -0.4 is 10.9 Å². The molecule has 4 aromatic rings. The number of halogens is 3. The van der Waals surface area contributed by atoms with E-state index in [1.54, 1.807) is 48.5 Å². The molecule has 0 unspecified atom stereocenters. The highest BCUT2D eigenvalue weighted by Crippen LogP contribution is 2.27. The summed E-state index contributed by atoms with van der Waals surface area (Å²) in [6.45, 7) is 1.88. The molecule has 0 saturated carbocycles. The molecule has 1 aromatic heterocycles. The van der Waals surface area contributed by atoms with Crippen molar-refractivity contribution in [3.8, 4) is 5.69 Å². The van der Waals surface area contributed by atoms with E-state index in [4.69, 9.17) is 34.8 Å². The fraction of sp³-hybridized carbons (Fsp3) is 0.0870. The van der Waals surface area contributed by atoms with Gasteiger partial charge in [-0.15, -0.1) is 0 Å². The lowest BCUT2D eigenvalue weighted by atomic mass is 10.2. The SMILES string of the molecule is Cc1ccc(-n2c(SCC(=O)Nc3cc(Cl)ccc3Cl)nc3ccccc3c2=O)cc1Cl. The molecule has 0 atom stereocenters. The Bertz CT molecular complexity index is 1410. The number of rotatable bonds is 5. The lowest BCUT2D eigenvalue weighted by Crippen LogP contribution is -2.23. The first-order valence-corrected chi connectivity index (χ1v) is 11.6. The van der Waals surface area contributed by atoms with Gasteiger partial charge >= 0.3 is 0 Å². The normalized spacial score (nSPS) is 11.0. The van der Waals surface area contributed by atoms with Crippen LogP contribution in [0.15, 0.2) is 70.6 Å². The summed E-state index contributed by atoms with van der Waals surface area (Å²) in [5, 5.41) is 4.96. The predicted octanol–water partition coefficient (Wildman–Crippen LogP) is 6.39. The third kappa shape index (κ3) is 4.79. The van der Waals surface area contributed by atoms with E-state index in [1.807, 2.05) is 19.1 Å². The lowest BCUT2D eigenvalue weighted by Gasteiger charge is -2.14. The van der Waals surface area contributed by atoms with Gasteiger partial charge in [0.05, 0.1) is 33.1 Å². The molecule has 4 rings (SSSR count). The molecule has 0 radical (unpaired) electrons. The number of para-hydroxylation sites is 1. The molecule has 0 aliphatic rings. The van der Waals surface area contributed by atoms with E-state index in [9.17, 15) is 9.59 Å². The molecule has 0 bridgehead atoms. The Morgan fingerprint density at radius 1 is 1.03 bits per heavy atom. The minimum Gasteiger partial charge on any atom is -0.324 e. The second kappa shape index (κ2) is 9.55. The molecule has 3 aromatic carbocycles. The van der Waals surface area contributed by atoms with Crippen molar-refractivity contribution in [3.05, 3.63) is 91.6 Å². The molecule has 1 amide bonds. The molecule has 0 spiro atoms. The molecule has 1 heterocycles. The zero-order chi connectivity index (χ0) is 22.8. The number of thioether (sulfide) groups is 1. The third-order valence-electron chi connectivity index (χ3n) is 4.69. The number of carbonyl (C=O) groups is 1. The van der Waals surface area contributed by atoms with E-state index in [-0.39, 0.29) is 17.2 Å². The van der Waals surface area contributed by atoms with E-state index in [1.165, 1.54) is 4.57 Å². The zero-order valence-corrected chi connectivity index (χ0v) is 19.8. The van der Waals surface area contributed by atoms with Crippen molar-refractivity contribution >= 4 is 69.1 Å².